The van der Waals surface area contributed by atoms with Gasteiger partial charge < -0.3 is 10.5 Å². The molecule has 1 atom stereocenters. The van der Waals surface area contributed by atoms with Crippen LogP contribution in [0.5, 0.6) is 5.75 Å². The standard InChI is InChI=1S/C12H20N2O/c1-12(13,14(2)3)9-10-7-5-6-8-11(10)15-4/h5-8H,9,13H2,1-4H3. The molecule has 0 fully saturated rings. The summed E-state index contributed by atoms with van der Waals surface area (Å²) >= 11 is 0. The van der Waals surface area contributed by atoms with Crippen LogP contribution in [-0.2, 0) is 6.42 Å². The average Bonchev–Trinajstić information content (AvgIpc) is 2.18. The summed E-state index contributed by atoms with van der Waals surface area (Å²) in [5, 5.41) is 0. The van der Waals surface area contributed by atoms with Gasteiger partial charge in [0.1, 0.15) is 5.75 Å². The molecule has 0 heterocycles. The second-order valence-corrected chi connectivity index (χ2v) is 4.24. The second-order valence-electron chi connectivity index (χ2n) is 4.24. The monoisotopic (exact) mass is 208 g/mol. The van der Waals surface area contributed by atoms with Crippen LogP contribution >= 0.6 is 0 Å². The van der Waals surface area contributed by atoms with Crippen molar-refractivity contribution in [1.29, 1.82) is 0 Å². The summed E-state index contributed by atoms with van der Waals surface area (Å²) < 4.78 is 5.30. The largest absolute Gasteiger partial charge is 0.496 e. The summed E-state index contributed by atoms with van der Waals surface area (Å²) in [4.78, 5) is 2.01. The number of hydrogen-bond donors (Lipinski definition) is 1. The number of nitrogens with two attached hydrogens (primary N) is 1. The van der Waals surface area contributed by atoms with E-state index in [1.807, 2.05) is 50.2 Å². The van der Waals surface area contributed by atoms with Gasteiger partial charge in [-0.2, -0.15) is 0 Å². The molecule has 0 spiro atoms. The van der Waals surface area contributed by atoms with E-state index in [0.29, 0.717) is 0 Å². The predicted octanol–water partition coefficient (Wildman–Crippen LogP) is 1.47. The minimum Gasteiger partial charge on any atom is -0.496 e. The lowest BCUT2D eigenvalue weighted by Crippen LogP contribution is -2.51. The van der Waals surface area contributed by atoms with Crippen molar-refractivity contribution >= 4 is 0 Å². The Hall–Kier alpha value is -1.06. The Morgan fingerprint density at radius 3 is 2.47 bits per heavy atom. The molecule has 0 aliphatic rings. The molecule has 0 amide bonds. The lowest BCUT2D eigenvalue weighted by molar-refractivity contribution is 0.179. The molecule has 0 saturated carbocycles. The van der Waals surface area contributed by atoms with Crippen molar-refractivity contribution in [3.05, 3.63) is 29.8 Å². The second kappa shape index (κ2) is 4.64. The van der Waals surface area contributed by atoms with Gasteiger partial charge >= 0.3 is 0 Å². The van der Waals surface area contributed by atoms with Gasteiger partial charge in [-0.3, -0.25) is 4.90 Å². The average molecular weight is 208 g/mol. The van der Waals surface area contributed by atoms with Crippen LogP contribution in [0.1, 0.15) is 12.5 Å². The molecular formula is C12H20N2O. The topological polar surface area (TPSA) is 38.5 Å². The third-order valence-electron chi connectivity index (χ3n) is 2.76. The van der Waals surface area contributed by atoms with Gasteiger partial charge in [-0.05, 0) is 32.6 Å². The SMILES string of the molecule is COc1ccccc1CC(C)(N)N(C)C. The van der Waals surface area contributed by atoms with Crippen LogP contribution in [0.3, 0.4) is 0 Å². The van der Waals surface area contributed by atoms with Crippen molar-refractivity contribution in [2.45, 2.75) is 19.0 Å². The van der Waals surface area contributed by atoms with E-state index >= 15 is 0 Å². The van der Waals surface area contributed by atoms with Crippen molar-refractivity contribution in [3.63, 3.8) is 0 Å². The lowest BCUT2D eigenvalue weighted by atomic mass is 10.0. The normalized spacial score (nSPS) is 15.1. The van der Waals surface area contributed by atoms with Crippen LogP contribution in [0.4, 0.5) is 0 Å². The first kappa shape index (κ1) is 12.0. The van der Waals surface area contributed by atoms with Crippen LogP contribution < -0.4 is 10.5 Å². The molecule has 0 aliphatic carbocycles. The van der Waals surface area contributed by atoms with Gasteiger partial charge in [-0.25, -0.2) is 0 Å². The fourth-order valence-corrected chi connectivity index (χ4v) is 1.39. The summed E-state index contributed by atoms with van der Waals surface area (Å²) in [6.07, 6.45) is 0.768. The van der Waals surface area contributed by atoms with E-state index < -0.39 is 0 Å². The summed E-state index contributed by atoms with van der Waals surface area (Å²) in [6.45, 7) is 2.01. The highest BCUT2D eigenvalue weighted by Gasteiger charge is 2.22. The Morgan fingerprint density at radius 2 is 1.93 bits per heavy atom. The number of methoxy groups -OCH3 is 1. The van der Waals surface area contributed by atoms with Crippen molar-refractivity contribution in [2.24, 2.45) is 5.73 Å². The Bertz CT molecular complexity index is 321. The van der Waals surface area contributed by atoms with Crippen LogP contribution in [0, 0.1) is 0 Å². The molecule has 84 valence electrons. The van der Waals surface area contributed by atoms with E-state index in [0.717, 1.165) is 17.7 Å². The maximum atomic E-state index is 6.19. The molecule has 1 rings (SSSR count). The van der Waals surface area contributed by atoms with Gasteiger partial charge in [0, 0.05) is 6.42 Å². The third kappa shape index (κ3) is 2.94. The van der Waals surface area contributed by atoms with E-state index in [4.69, 9.17) is 10.5 Å². The minimum absolute atomic E-state index is 0.353. The van der Waals surface area contributed by atoms with Crippen LogP contribution in [-0.4, -0.2) is 31.8 Å². The molecule has 0 saturated heterocycles. The molecule has 0 bridgehead atoms. The van der Waals surface area contributed by atoms with E-state index in [9.17, 15) is 0 Å². The van der Waals surface area contributed by atoms with E-state index in [1.165, 1.54) is 0 Å². The number of ether oxygens (including phenoxy) is 1. The van der Waals surface area contributed by atoms with E-state index in [1.54, 1.807) is 7.11 Å². The smallest absolute Gasteiger partial charge is 0.122 e. The van der Waals surface area contributed by atoms with Crippen LogP contribution in [0.25, 0.3) is 0 Å². The lowest BCUT2D eigenvalue weighted by Gasteiger charge is -2.32. The van der Waals surface area contributed by atoms with E-state index in [2.05, 4.69) is 0 Å². The van der Waals surface area contributed by atoms with Crippen LogP contribution in [0.2, 0.25) is 0 Å². The van der Waals surface area contributed by atoms with Crippen molar-refractivity contribution < 1.29 is 4.74 Å². The highest BCUT2D eigenvalue weighted by Crippen LogP contribution is 2.22. The first-order chi connectivity index (χ1) is 6.97. The van der Waals surface area contributed by atoms with Gasteiger partial charge in [0.15, 0.2) is 0 Å². The number of nitrogens with zero attached hydrogens (tertiary/aromatic N) is 1. The fraction of sp³-hybridized carbons (Fsp3) is 0.500. The molecule has 15 heavy (non-hydrogen) atoms. The summed E-state index contributed by atoms with van der Waals surface area (Å²) in [5.74, 6) is 0.899. The highest BCUT2D eigenvalue weighted by molar-refractivity contribution is 5.34. The third-order valence-corrected chi connectivity index (χ3v) is 2.76. The molecule has 0 aromatic heterocycles. The zero-order valence-electron chi connectivity index (χ0n) is 9.95. The Labute approximate surface area is 91.8 Å². The number of hydrogen-bond acceptors (Lipinski definition) is 3. The van der Waals surface area contributed by atoms with Crippen LogP contribution in [0.15, 0.2) is 24.3 Å². The number of para-hydroxylation sites is 1. The highest BCUT2D eigenvalue weighted by atomic mass is 16.5. The molecule has 1 aromatic carbocycles. The number of benzene rings is 1. The first-order valence-corrected chi connectivity index (χ1v) is 5.05. The maximum absolute atomic E-state index is 6.19. The summed E-state index contributed by atoms with van der Waals surface area (Å²) in [5.41, 5.74) is 6.97. The van der Waals surface area contributed by atoms with E-state index in [-0.39, 0.29) is 5.66 Å². The molecule has 1 aromatic rings. The fourth-order valence-electron chi connectivity index (χ4n) is 1.39. The molecule has 3 heteroatoms. The molecule has 1 unspecified atom stereocenters. The van der Waals surface area contributed by atoms with Crippen molar-refractivity contribution in [3.8, 4) is 5.75 Å². The zero-order valence-corrected chi connectivity index (χ0v) is 9.95. The Kier molecular flexibility index (Phi) is 3.72. The van der Waals surface area contributed by atoms with Gasteiger partial charge in [-0.15, -0.1) is 0 Å². The predicted molar refractivity (Wildman–Crippen MR) is 63.0 cm³/mol. The van der Waals surface area contributed by atoms with Crippen molar-refractivity contribution in [2.75, 3.05) is 21.2 Å². The molecule has 2 N–H and O–H groups in total. The van der Waals surface area contributed by atoms with Gasteiger partial charge in [0.2, 0.25) is 0 Å². The minimum atomic E-state index is -0.353. The Balaban J connectivity index is 2.89. The molecule has 0 radical (unpaired) electrons. The van der Waals surface area contributed by atoms with Gasteiger partial charge in [-0.1, -0.05) is 18.2 Å². The molecular weight excluding hydrogens is 188 g/mol. The maximum Gasteiger partial charge on any atom is 0.122 e. The first-order valence-electron chi connectivity index (χ1n) is 5.05. The summed E-state index contributed by atoms with van der Waals surface area (Å²) in [7, 11) is 5.65. The van der Waals surface area contributed by atoms with Crippen molar-refractivity contribution in [1.82, 2.24) is 4.90 Å². The number of likely N-dealkylation sites (N-methyl/N-ethyl adjacent to an activating group) is 1. The van der Waals surface area contributed by atoms with Gasteiger partial charge in [0.05, 0.1) is 12.8 Å². The quantitative estimate of drug-likeness (QED) is 0.762. The van der Waals surface area contributed by atoms with Gasteiger partial charge in [0.25, 0.3) is 0 Å². The molecule has 3 nitrogen and oxygen atoms in total. The summed E-state index contributed by atoms with van der Waals surface area (Å²) in [6, 6.07) is 7.98. The zero-order chi connectivity index (χ0) is 11.5. The molecule has 0 aliphatic heterocycles. The number of rotatable bonds is 4. The Morgan fingerprint density at radius 1 is 1.33 bits per heavy atom.